The van der Waals surface area contributed by atoms with Gasteiger partial charge in [-0.3, -0.25) is 0 Å². The van der Waals surface area contributed by atoms with Crippen LogP contribution in [0.5, 0.6) is 5.75 Å². The molecule has 150 valence electrons. The zero-order valence-corrected chi connectivity index (χ0v) is 17.1. The lowest BCUT2D eigenvalue weighted by molar-refractivity contribution is -0.109. The molecule has 0 aliphatic carbocycles. The van der Waals surface area contributed by atoms with Gasteiger partial charge in [-0.05, 0) is 44.5 Å². The highest BCUT2D eigenvalue weighted by Crippen LogP contribution is 2.25. The van der Waals surface area contributed by atoms with E-state index in [0.29, 0.717) is 12.4 Å². The summed E-state index contributed by atoms with van der Waals surface area (Å²) in [4.78, 5) is 16.5. The van der Waals surface area contributed by atoms with Crippen molar-refractivity contribution in [2.24, 2.45) is 5.10 Å². The molecule has 1 aliphatic heterocycles. The summed E-state index contributed by atoms with van der Waals surface area (Å²) in [6.45, 7) is 6.76. The summed E-state index contributed by atoms with van der Waals surface area (Å²) in [5.74, 6) is 2.43. The van der Waals surface area contributed by atoms with Gasteiger partial charge in [-0.1, -0.05) is 32.6 Å². The Kier molecular flexibility index (Phi) is 6.85. The molecule has 2 aromatic rings. The van der Waals surface area contributed by atoms with Crippen molar-refractivity contribution in [1.82, 2.24) is 15.0 Å². The number of hydrogen-bond donors (Lipinski definition) is 1. The third-order valence-electron chi connectivity index (χ3n) is 5.01. The molecule has 3 rings (SSSR count). The lowest BCUT2D eigenvalue weighted by atomic mass is 10.1. The molecule has 28 heavy (non-hydrogen) atoms. The van der Waals surface area contributed by atoms with Gasteiger partial charge in [0.25, 0.3) is 0 Å². The second kappa shape index (κ2) is 9.53. The molecule has 0 spiro atoms. The molecule has 1 aromatic heterocycles. The Morgan fingerprint density at radius 2 is 1.89 bits per heavy atom. The fraction of sp³-hybridized carbons (Fsp3) is 0.500. The van der Waals surface area contributed by atoms with Crippen LogP contribution >= 0.6 is 0 Å². The van der Waals surface area contributed by atoms with E-state index in [4.69, 9.17) is 14.8 Å². The summed E-state index contributed by atoms with van der Waals surface area (Å²) in [5, 5.41) is 8.03. The van der Waals surface area contributed by atoms with Crippen molar-refractivity contribution in [3.05, 3.63) is 47.0 Å². The molecule has 1 aromatic carbocycles. The van der Waals surface area contributed by atoms with Crippen molar-refractivity contribution in [1.29, 1.82) is 0 Å². The monoisotopic (exact) mass is 382 g/mol. The molecule has 0 bridgehead atoms. The van der Waals surface area contributed by atoms with E-state index in [1.54, 1.807) is 0 Å². The molecule has 1 unspecified atom stereocenters. The summed E-state index contributed by atoms with van der Waals surface area (Å²) < 4.78 is 7.38. The van der Waals surface area contributed by atoms with Crippen LogP contribution in [0.3, 0.4) is 0 Å². The number of nitrogens with zero attached hydrogens (tertiary/aromatic N) is 3. The van der Waals surface area contributed by atoms with Crippen molar-refractivity contribution in [3.8, 4) is 5.75 Å². The summed E-state index contributed by atoms with van der Waals surface area (Å²) in [7, 11) is 0. The molecule has 0 radical (unpaired) electrons. The predicted molar refractivity (Wildman–Crippen MR) is 111 cm³/mol. The van der Waals surface area contributed by atoms with Crippen molar-refractivity contribution in [2.45, 2.75) is 65.3 Å². The second-order valence-electron chi connectivity index (χ2n) is 7.14. The van der Waals surface area contributed by atoms with E-state index in [2.05, 4.69) is 12.2 Å². The Hall–Kier alpha value is -2.63. The summed E-state index contributed by atoms with van der Waals surface area (Å²) in [5.41, 5.74) is 2.62. The zero-order valence-electron chi connectivity index (χ0n) is 17.1. The standard InChI is InChI=1S/C22H30N4O2/c1-4-6-7-8-9-10-20-23-16(3)21-19(15-27)24-22(25-26(20)21)17-11-13-18(14-12-17)28-5-2/h11-15,19H,4-10H2,1-3H3,(H,24,25). The van der Waals surface area contributed by atoms with E-state index in [1.165, 1.54) is 25.7 Å². The molecule has 0 saturated carbocycles. The minimum Gasteiger partial charge on any atom is -0.494 e. The number of fused-ring (bicyclic) bond motifs is 1. The van der Waals surface area contributed by atoms with Gasteiger partial charge in [-0.2, -0.15) is 0 Å². The molecular formula is C22H30N4O2. The van der Waals surface area contributed by atoms with Gasteiger partial charge in [-0.25, -0.2) is 9.66 Å². The van der Waals surface area contributed by atoms with E-state index in [-0.39, 0.29) is 0 Å². The maximum atomic E-state index is 11.8. The number of hydrogen-bond acceptors (Lipinski definition) is 5. The van der Waals surface area contributed by atoms with Gasteiger partial charge >= 0.3 is 0 Å². The third kappa shape index (κ3) is 4.43. The number of rotatable bonds is 10. The minimum absolute atomic E-state index is 0.444. The summed E-state index contributed by atoms with van der Waals surface area (Å²) in [6, 6.07) is 7.31. The number of carbonyl (C=O) groups excluding carboxylic acids is 1. The van der Waals surface area contributed by atoms with E-state index >= 15 is 0 Å². The van der Waals surface area contributed by atoms with E-state index in [9.17, 15) is 4.79 Å². The maximum Gasteiger partial charge on any atom is 0.155 e. The third-order valence-corrected chi connectivity index (χ3v) is 5.01. The van der Waals surface area contributed by atoms with Crippen LogP contribution in [0.15, 0.2) is 29.4 Å². The average molecular weight is 383 g/mol. The highest BCUT2D eigenvalue weighted by molar-refractivity contribution is 6.00. The van der Waals surface area contributed by atoms with Crippen LogP contribution in [-0.2, 0) is 11.2 Å². The van der Waals surface area contributed by atoms with Gasteiger partial charge in [-0.15, -0.1) is 5.10 Å². The van der Waals surface area contributed by atoms with Crippen molar-refractivity contribution < 1.29 is 9.53 Å². The van der Waals surface area contributed by atoms with Crippen LogP contribution in [0.2, 0.25) is 0 Å². The number of aryl methyl sites for hydroxylation is 2. The van der Waals surface area contributed by atoms with E-state index < -0.39 is 6.04 Å². The van der Waals surface area contributed by atoms with Gasteiger partial charge in [0, 0.05) is 12.0 Å². The Labute approximate surface area is 167 Å². The van der Waals surface area contributed by atoms with Gasteiger partial charge in [0.15, 0.2) is 5.84 Å². The number of amidine groups is 1. The number of nitrogens with one attached hydrogen (secondary N) is 1. The number of imidazole rings is 1. The van der Waals surface area contributed by atoms with Crippen molar-refractivity contribution in [2.75, 3.05) is 6.61 Å². The van der Waals surface area contributed by atoms with E-state index in [1.807, 2.05) is 42.8 Å². The Bertz CT molecular complexity index is 824. The summed E-state index contributed by atoms with van der Waals surface area (Å²) in [6.07, 6.45) is 7.84. The number of aldehydes is 1. The molecule has 2 heterocycles. The first-order valence-electron chi connectivity index (χ1n) is 10.3. The van der Waals surface area contributed by atoms with Crippen molar-refractivity contribution in [3.63, 3.8) is 0 Å². The van der Waals surface area contributed by atoms with Crippen LogP contribution in [-0.4, -0.2) is 28.4 Å². The molecule has 0 amide bonds. The lowest BCUT2D eigenvalue weighted by Gasteiger charge is -2.23. The molecule has 1 N–H and O–H groups in total. The lowest BCUT2D eigenvalue weighted by Crippen LogP contribution is -2.36. The SMILES string of the molecule is CCCCCCCc1nc(C)c2n1N=C(c1ccc(OCC)cc1)NC2C=O. The van der Waals surface area contributed by atoms with Crippen LogP contribution < -0.4 is 10.1 Å². The van der Waals surface area contributed by atoms with E-state index in [0.717, 1.165) is 47.7 Å². The van der Waals surface area contributed by atoms with Crippen LogP contribution in [0.4, 0.5) is 0 Å². The van der Waals surface area contributed by atoms with Gasteiger partial charge < -0.3 is 14.8 Å². The fourth-order valence-corrected chi connectivity index (χ4v) is 3.57. The molecule has 6 heteroatoms. The normalized spacial score (nSPS) is 15.5. The zero-order chi connectivity index (χ0) is 19.9. The molecular weight excluding hydrogens is 352 g/mol. The number of benzene rings is 1. The fourth-order valence-electron chi connectivity index (χ4n) is 3.57. The highest BCUT2D eigenvalue weighted by atomic mass is 16.5. The average Bonchev–Trinajstić information content (AvgIpc) is 3.04. The van der Waals surface area contributed by atoms with Gasteiger partial charge in [0.2, 0.25) is 0 Å². The second-order valence-corrected chi connectivity index (χ2v) is 7.14. The first-order valence-corrected chi connectivity index (χ1v) is 10.3. The Morgan fingerprint density at radius 3 is 2.57 bits per heavy atom. The highest BCUT2D eigenvalue weighted by Gasteiger charge is 2.28. The van der Waals surface area contributed by atoms with Crippen molar-refractivity contribution >= 4 is 12.1 Å². The molecule has 6 nitrogen and oxygen atoms in total. The number of ether oxygens (including phenoxy) is 1. The molecule has 1 atom stereocenters. The number of carbonyl (C=O) groups is 1. The van der Waals surface area contributed by atoms with Crippen LogP contribution in [0.1, 0.15) is 74.8 Å². The molecule has 0 fully saturated rings. The number of aromatic nitrogens is 2. The topological polar surface area (TPSA) is 68.5 Å². The Balaban J connectivity index is 1.85. The molecule has 1 aliphatic rings. The van der Waals surface area contributed by atoms with Crippen LogP contribution in [0.25, 0.3) is 0 Å². The smallest absolute Gasteiger partial charge is 0.155 e. The quantitative estimate of drug-likeness (QED) is 0.495. The van der Waals surface area contributed by atoms with Gasteiger partial charge in [0.1, 0.15) is 23.9 Å². The minimum atomic E-state index is -0.444. The first kappa shape index (κ1) is 20.1. The Morgan fingerprint density at radius 1 is 1.14 bits per heavy atom. The van der Waals surface area contributed by atoms with Crippen LogP contribution in [0, 0.1) is 6.92 Å². The number of unbranched alkanes of at least 4 members (excludes halogenated alkanes) is 4. The molecule has 0 saturated heterocycles. The predicted octanol–water partition coefficient (Wildman–Crippen LogP) is 4.16. The largest absolute Gasteiger partial charge is 0.494 e. The first-order chi connectivity index (χ1) is 13.7. The summed E-state index contributed by atoms with van der Waals surface area (Å²) >= 11 is 0. The maximum absolute atomic E-state index is 11.8. The van der Waals surface area contributed by atoms with Gasteiger partial charge in [0.05, 0.1) is 18.0 Å².